The summed E-state index contributed by atoms with van der Waals surface area (Å²) in [6, 6.07) is 10.2. The Morgan fingerprint density at radius 3 is 2.68 bits per heavy atom. The number of nitrogens with one attached hydrogen (secondary N) is 1. The molecule has 3 aromatic rings. The summed E-state index contributed by atoms with van der Waals surface area (Å²) < 4.78 is 18.5. The van der Waals surface area contributed by atoms with Crippen LogP contribution in [0.25, 0.3) is 0 Å². The van der Waals surface area contributed by atoms with E-state index in [0.29, 0.717) is 24.4 Å². The van der Waals surface area contributed by atoms with Gasteiger partial charge in [0.15, 0.2) is 5.13 Å². The minimum Gasteiger partial charge on any atom is -0.466 e. The Kier molecular flexibility index (Phi) is 5.60. The van der Waals surface area contributed by atoms with Crippen molar-refractivity contribution in [1.82, 2.24) is 4.98 Å². The molecule has 1 amide bonds. The second-order valence-electron chi connectivity index (χ2n) is 5.70. The van der Waals surface area contributed by atoms with Crippen LogP contribution >= 0.6 is 11.3 Å². The molecule has 0 saturated heterocycles. The molecule has 0 aliphatic heterocycles. The lowest BCUT2D eigenvalue weighted by Crippen LogP contribution is -2.11. The van der Waals surface area contributed by atoms with Gasteiger partial charge in [-0.15, -0.1) is 11.3 Å². The van der Waals surface area contributed by atoms with E-state index in [0.717, 1.165) is 28.4 Å². The smallest absolute Gasteiger partial charge is 0.226 e. The van der Waals surface area contributed by atoms with Crippen LogP contribution in [0, 0.1) is 5.82 Å². The number of aryl methyl sites for hydroxylation is 2. The molecule has 130 valence electrons. The molecule has 2 aromatic heterocycles. The molecular weight excluding hydrogens is 339 g/mol. The highest BCUT2D eigenvalue weighted by atomic mass is 32.1. The lowest BCUT2D eigenvalue weighted by Gasteiger charge is -2.00. The van der Waals surface area contributed by atoms with Crippen LogP contribution in [0.15, 0.2) is 47.0 Å². The number of furan rings is 1. The van der Waals surface area contributed by atoms with Crippen LogP contribution in [0.5, 0.6) is 0 Å². The van der Waals surface area contributed by atoms with Gasteiger partial charge in [-0.1, -0.05) is 19.1 Å². The summed E-state index contributed by atoms with van der Waals surface area (Å²) in [6.45, 7) is 2.03. The molecule has 3 rings (SSSR count). The van der Waals surface area contributed by atoms with Gasteiger partial charge in [0.25, 0.3) is 0 Å². The molecule has 0 radical (unpaired) electrons. The Balaban J connectivity index is 1.50. The number of anilines is 1. The number of carbonyl (C=O) groups excluding carboxylic acids is 1. The third kappa shape index (κ3) is 5.00. The molecule has 1 N–H and O–H groups in total. The largest absolute Gasteiger partial charge is 0.466 e. The lowest BCUT2D eigenvalue weighted by atomic mass is 10.1. The van der Waals surface area contributed by atoms with Crippen LogP contribution in [0.4, 0.5) is 9.52 Å². The molecule has 0 saturated carbocycles. The number of benzene rings is 1. The van der Waals surface area contributed by atoms with E-state index in [2.05, 4.69) is 10.3 Å². The zero-order valence-electron chi connectivity index (χ0n) is 13.9. The standard InChI is InChI=1S/C19H19FN2O2S/c1-2-15-7-8-16(24-15)9-10-18(23)22-19-21-12-17(25-19)11-13-3-5-14(20)6-4-13/h3-8,12H,2,9-11H2,1H3,(H,21,22,23). The number of nitrogens with zero attached hydrogens (tertiary/aromatic N) is 1. The minimum absolute atomic E-state index is 0.0860. The first-order valence-corrected chi connectivity index (χ1v) is 9.00. The van der Waals surface area contributed by atoms with Gasteiger partial charge in [-0.3, -0.25) is 4.79 Å². The fourth-order valence-corrected chi connectivity index (χ4v) is 3.28. The summed E-state index contributed by atoms with van der Waals surface area (Å²) in [5.41, 5.74) is 1.01. The fourth-order valence-electron chi connectivity index (χ4n) is 2.42. The van der Waals surface area contributed by atoms with Gasteiger partial charge >= 0.3 is 0 Å². The van der Waals surface area contributed by atoms with Crippen molar-refractivity contribution in [2.45, 2.75) is 32.6 Å². The third-order valence-electron chi connectivity index (χ3n) is 3.76. The van der Waals surface area contributed by atoms with Crippen molar-refractivity contribution in [3.8, 4) is 0 Å². The Hall–Kier alpha value is -2.47. The summed E-state index contributed by atoms with van der Waals surface area (Å²) in [4.78, 5) is 17.3. The van der Waals surface area contributed by atoms with Crippen molar-refractivity contribution < 1.29 is 13.6 Å². The maximum absolute atomic E-state index is 12.9. The molecule has 6 heteroatoms. The van der Waals surface area contributed by atoms with E-state index in [4.69, 9.17) is 4.42 Å². The number of halogens is 1. The third-order valence-corrected chi connectivity index (χ3v) is 4.67. The van der Waals surface area contributed by atoms with Crippen LogP contribution < -0.4 is 5.32 Å². The van der Waals surface area contributed by atoms with E-state index < -0.39 is 0 Å². The molecule has 0 fully saturated rings. The molecule has 1 aromatic carbocycles. The van der Waals surface area contributed by atoms with Gasteiger partial charge in [0.05, 0.1) is 0 Å². The first-order chi connectivity index (χ1) is 12.1. The quantitative estimate of drug-likeness (QED) is 0.671. The number of amides is 1. The van der Waals surface area contributed by atoms with Crippen molar-refractivity contribution >= 4 is 22.4 Å². The Labute approximate surface area is 149 Å². The number of hydrogen-bond acceptors (Lipinski definition) is 4. The predicted molar refractivity (Wildman–Crippen MR) is 96.4 cm³/mol. The zero-order valence-corrected chi connectivity index (χ0v) is 14.7. The molecule has 0 unspecified atom stereocenters. The molecule has 0 aliphatic rings. The highest BCUT2D eigenvalue weighted by Crippen LogP contribution is 2.21. The van der Waals surface area contributed by atoms with Crippen molar-refractivity contribution in [1.29, 1.82) is 0 Å². The van der Waals surface area contributed by atoms with Crippen LogP contribution in [-0.4, -0.2) is 10.9 Å². The number of aromatic nitrogens is 1. The zero-order chi connectivity index (χ0) is 17.6. The van der Waals surface area contributed by atoms with Gasteiger partial charge in [0.2, 0.25) is 5.91 Å². The SMILES string of the molecule is CCc1ccc(CCC(=O)Nc2ncc(Cc3ccc(F)cc3)s2)o1. The molecule has 0 bridgehead atoms. The van der Waals surface area contributed by atoms with Gasteiger partial charge in [-0.25, -0.2) is 9.37 Å². The van der Waals surface area contributed by atoms with E-state index in [-0.39, 0.29) is 11.7 Å². The van der Waals surface area contributed by atoms with E-state index in [9.17, 15) is 9.18 Å². The van der Waals surface area contributed by atoms with Crippen molar-refractivity contribution in [2.75, 3.05) is 5.32 Å². The predicted octanol–water partition coefficient (Wildman–Crippen LogP) is 4.60. The second kappa shape index (κ2) is 8.07. The summed E-state index contributed by atoms with van der Waals surface area (Å²) in [5, 5.41) is 3.39. The first-order valence-electron chi connectivity index (χ1n) is 8.19. The van der Waals surface area contributed by atoms with Crippen LogP contribution in [0.2, 0.25) is 0 Å². The van der Waals surface area contributed by atoms with Crippen LogP contribution in [0.3, 0.4) is 0 Å². The Morgan fingerprint density at radius 2 is 1.96 bits per heavy atom. The van der Waals surface area contributed by atoms with Gasteiger partial charge in [-0.05, 0) is 29.8 Å². The second-order valence-corrected chi connectivity index (χ2v) is 6.82. The number of hydrogen-bond donors (Lipinski definition) is 1. The average molecular weight is 358 g/mol. The van der Waals surface area contributed by atoms with Gasteiger partial charge < -0.3 is 9.73 Å². The van der Waals surface area contributed by atoms with Crippen LogP contribution in [-0.2, 0) is 24.1 Å². The fraction of sp³-hybridized carbons (Fsp3) is 0.263. The monoisotopic (exact) mass is 358 g/mol. The van der Waals surface area contributed by atoms with Crippen molar-refractivity contribution in [2.24, 2.45) is 0 Å². The summed E-state index contributed by atoms with van der Waals surface area (Å²) in [7, 11) is 0. The van der Waals surface area contributed by atoms with Crippen molar-refractivity contribution in [3.63, 3.8) is 0 Å². The molecule has 0 aliphatic carbocycles. The Morgan fingerprint density at radius 1 is 1.20 bits per heavy atom. The topological polar surface area (TPSA) is 55.1 Å². The van der Waals surface area contributed by atoms with Gasteiger partial charge in [-0.2, -0.15) is 0 Å². The van der Waals surface area contributed by atoms with E-state index >= 15 is 0 Å². The molecule has 2 heterocycles. The van der Waals surface area contributed by atoms with E-state index in [1.165, 1.54) is 23.5 Å². The first kappa shape index (κ1) is 17.4. The van der Waals surface area contributed by atoms with Crippen LogP contribution in [0.1, 0.15) is 35.3 Å². The maximum atomic E-state index is 12.9. The minimum atomic E-state index is -0.247. The number of rotatable bonds is 7. The summed E-state index contributed by atoms with van der Waals surface area (Å²) >= 11 is 1.43. The Bertz CT molecular complexity index is 839. The summed E-state index contributed by atoms with van der Waals surface area (Å²) in [6.07, 6.45) is 4.18. The van der Waals surface area contributed by atoms with Crippen molar-refractivity contribution in [3.05, 3.63) is 70.4 Å². The van der Waals surface area contributed by atoms with E-state index in [1.54, 1.807) is 18.3 Å². The highest BCUT2D eigenvalue weighted by Gasteiger charge is 2.09. The lowest BCUT2D eigenvalue weighted by molar-refractivity contribution is -0.116. The highest BCUT2D eigenvalue weighted by molar-refractivity contribution is 7.15. The molecule has 25 heavy (non-hydrogen) atoms. The normalized spacial score (nSPS) is 10.8. The number of carbonyl (C=O) groups is 1. The van der Waals surface area contributed by atoms with E-state index in [1.807, 2.05) is 19.1 Å². The molecule has 0 atom stereocenters. The van der Waals surface area contributed by atoms with Gasteiger partial charge in [0.1, 0.15) is 17.3 Å². The number of thiazole rings is 1. The molecule has 4 nitrogen and oxygen atoms in total. The average Bonchev–Trinajstić information content (AvgIpc) is 3.24. The molecule has 0 spiro atoms. The molecular formula is C19H19FN2O2S. The summed E-state index contributed by atoms with van der Waals surface area (Å²) in [5.74, 6) is 1.42. The maximum Gasteiger partial charge on any atom is 0.226 e. The van der Waals surface area contributed by atoms with Gasteiger partial charge in [0, 0.05) is 36.8 Å².